The summed E-state index contributed by atoms with van der Waals surface area (Å²) < 4.78 is 28.8. The van der Waals surface area contributed by atoms with Crippen LogP contribution < -0.4 is 4.72 Å². The third-order valence-corrected chi connectivity index (χ3v) is 9.48. The Kier molecular flexibility index (Phi) is 11.4. The minimum Gasteiger partial charge on any atom is -0.337 e. The topological polar surface area (TPSA) is 82.6 Å². The van der Waals surface area contributed by atoms with Gasteiger partial charge in [-0.25, -0.2) is 8.42 Å². The smallest absolute Gasteiger partial charge is 0.264 e. The summed E-state index contributed by atoms with van der Waals surface area (Å²) in [7, 11) is -3.85. The molecule has 0 saturated carbocycles. The molecule has 1 aliphatic heterocycles. The summed E-state index contributed by atoms with van der Waals surface area (Å²) in [6.07, 6.45) is 7.22. The number of carbonyl (C=O) groups is 1. The van der Waals surface area contributed by atoms with Gasteiger partial charge in [-0.2, -0.15) is 0 Å². The summed E-state index contributed by atoms with van der Waals surface area (Å²) in [5.41, 5.74) is 2.67. The molecule has 4 aromatic rings. The Bertz CT molecular complexity index is 1580. The van der Waals surface area contributed by atoms with E-state index < -0.39 is 10.0 Å². The molecular weight excluding hydrogens is 565 g/mol. The maximum absolute atomic E-state index is 13.2. The molecule has 7 nitrogen and oxygen atoms in total. The summed E-state index contributed by atoms with van der Waals surface area (Å²) in [5, 5.41) is 0.751. The first-order chi connectivity index (χ1) is 20.4. The molecule has 1 aromatic heterocycles. The minimum atomic E-state index is -3.85. The van der Waals surface area contributed by atoms with Gasteiger partial charge in [-0.05, 0) is 60.7 Å². The standard InChI is InChI=1S/C29H30N4O3S2.C4H10.H2/c1-37-26-10-3-2-7-24(26)21-32-17-6-18-33(20-19-32)29(34)23-12-14-25(15-13-23)31-38(35,36)27-11-4-8-22-9-5-16-30-28(22)27;1-3-4-2;/h2-5,7-16,31H,6,17-21H2,1H3;3-4H2,1-2H3;1H. The average molecular weight is 607 g/mol. The molecule has 0 bridgehead atoms. The number of sulfonamides is 1. The highest BCUT2D eigenvalue weighted by Gasteiger charge is 2.22. The average Bonchev–Trinajstić information content (AvgIpc) is 3.26. The lowest BCUT2D eigenvalue weighted by atomic mass is 10.2. The summed E-state index contributed by atoms with van der Waals surface area (Å²) in [6, 6.07) is 23.7. The van der Waals surface area contributed by atoms with Crippen molar-refractivity contribution in [1.29, 1.82) is 0 Å². The lowest BCUT2D eigenvalue weighted by Gasteiger charge is -2.23. The third-order valence-electron chi connectivity index (χ3n) is 7.23. The van der Waals surface area contributed by atoms with Crippen molar-refractivity contribution in [1.82, 2.24) is 14.8 Å². The van der Waals surface area contributed by atoms with Crippen molar-refractivity contribution >= 4 is 44.3 Å². The molecule has 42 heavy (non-hydrogen) atoms. The van der Waals surface area contributed by atoms with Crippen LogP contribution in [-0.4, -0.2) is 61.5 Å². The first kappa shape index (κ1) is 31.5. The number of pyridine rings is 1. The number of rotatable bonds is 8. The van der Waals surface area contributed by atoms with Gasteiger partial charge in [0.25, 0.3) is 15.9 Å². The molecule has 0 unspecified atom stereocenters. The molecule has 1 N–H and O–H groups in total. The number of hydrogen-bond acceptors (Lipinski definition) is 6. The second-order valence-electron chi connectivity index (χ2n) is 10.2. The Morgan fingerprint density at radius 2 is 1.64 bits per heavy atom. The van der Waals surface area contributed by atoms with Crippen LogP contribution in [0.4, 0.5) is 5.69 Å². The molecule has 1 saturated heterocycles. The van der Waals surface area contributed by atoms with E-state index in [2.05, 4.69) is 59.0 Å². The lowest BCUT2D eigenvalue weighted by Crippen LogP contribution is -2.35. The number of amides is 1. The fraction of sp³-hybridized carbons (Fsp3) is 0.333. The second kappa shape index (κ2) is 15.2. The number of unbranched alkanes of at least 4 members (excludes halogenated alkanes) is 1. The second-order valence-corrected chi connectivity index (χ2v) is 12.7. The van der Waals surface area contributed by atoms with E-state index in [1.165, 1.54) is 29.4 Å². The van der Waals surface area contributed by atoms with Gasteiger partial charge in [-0.1, -0.05) is 63.1 Å². The first-order valence-corrected chi connectivity index (χ1v) is 17.2. The quantitative estimate of drug-likeness (QED) is 0.214. The molecule has 2 heterocycles. The van der Waals surface area contributed by atoms with Crippen molar-refractivity contribution in [3.63, 3.8) is 0 Å². The van der Waals surface area contributed by atoms with E-state index in [-0.39, 0.29) is 12.2 Å². The van der Waals surface area contributed by atoms with E-state index in [1.54, 1.807) is 54.4 Å². The molecule has 224 valence electrons. The maximum Gasteiger partial charge on any atom is 0.264 e. The highest BCUT2D eigenvalue weighted by Crippen LogP contribution is 2.24. The SMILES string of the molecule is CCCC.CSc1ccccc1CN1CCCN(C(=O)c2ccc(NS(=O)(=O)c3cccc4cccnc34)cc2)CC1.[HH]. The van der Waals surface area contributed by atoms with Crippen LogP contribution >= 0.6 is 11.8 Å². The third kappa shape index (κ3) is 8.12. The highest BCUT2D eigenvalue weighted by atomic mass is 32.2. The van der Waals surface area contributed by atoms with Gasteiger partial charge in [0.2, 0.25) is 0 Å². The van der Waals surface area contributed by atoms with Crippen LogP contribution in [0.5, 0.6) is 0 Å². The molecular formula is C33H42N4O3S2. The van der Waals surface area contributed by atoms with Crippen LogP contribution in [0.15, 0.2) is 94.9 Å². The number of hydrogen-bond donors (Lipinski definition) is 1. The van der Waals surface area contributed by atoms with Crippen molar-refractivity contribution in [2.24, 2.45) is 0 Å². The Morgan fingerprint density at radius 3 is 2.38 bits per heavy atom. The number of carbonyl (C=O) groups excluding carboxylic acids is 1. The molecule has 1 aliphatic rings. The minimum absolute atomic E-state index is 0. The molecule has 0 spiro atoms. The van der Waals surface area contributed by atoms with Crippen molar-refractivity contribution in [2.45, 2.75) is 49.4 Å². The number of para-hydroxylation sites is 1. The largest absolute Gasteiger partial charge is 0.337 e. The molecule has 0 aliphatic carbocycles. The van der Waals surface area contributed by atoms with Gasteiger partial charge in [0.15, 0.2) is 0 Å². The van der Waals surface area contributed by atoms with E-state index in [4.69, 9.17) is 0 Å². The van der Waals surface area contributed by atoms with Gasteiger partial charge in [-0.15, -0.1) is 11.8 Å². The number of nitrogens with one attached hydrogen (secondary N) is 1. The predicted octanol–water partition coefficient (Wildman–Crippen LogP) is 7.16. The summed E-state index contributed by atoms with van der Waals surface area (Å²) in [6.45, 7) is 8.34. The molecule has 0 radical (unpaired) electrons. The van der Waals surface area contributed by atoms with Gasteiger partial charge in [0.05, 0.1) is 5.52 Å². The van der Waals surface area contributed by atoms with Gasteiger partial charge < -0.3 is 4.90 Å². The van der Waals surface area contributed by atoms with E-state index >= 15 is 0 Å². The zero-order valence-corrected chi connectivity index (χ0v) is 26.3. The number of anilines is 1. The van der Waals surface area contributed by atoms with Crippen LogP contribution in [0.25, 0.3) is 10.9 Å². The van der Waals surface area contributed by atoms with Crippen LogP contribution in [0.3, 0.4) is 0 Å². The zero-order chi connectivity index (χ0) is 30.0. The van der Waals surface area contributed by atoms with Crippen LogP contribution in [0, 0.1) is 0 Å². The van der Waals surface area contributed by atoms with Crippen molar-refractivity contribution in [2.75, 3.05) is 37.2 Å². The fourth-order valence-corrected chi connectivity index (χ4v) is 6.62. The van der Waals surface area contributed by atoms with Crippen LogP contribution in [0.1, 0.15) is 50.5 Å². The number of aromatic nitrogens is 1. The Balaban J connectivity index is 0.000000954. The fourth-order valence-electron chi connectivity index (χ4n) is 4.77. The van der Waals surface area contributed by atoms with Gasteiger partial charge in [0.1, 0.15) is 4.90 Å². The molecule has 0 atom stereocenters. The molecule has 9 heteroatoms. The van der Waals surface area contributed by atoms with E-state index in [0.29, 0.717) is 29.9 Å². The Morgan fingerprint density at radius 1 is 0.905 bits per heavy atom. The summed E-state index contributed by atoms with van der Waals surface area (Å²) in [4.78, 5) is 23.2. The molecule has 1 amide bonds. The Hall–Kier alpha value is -3.40. The van der Waals surface area contributed by atoms with Crippen molar-refractivity contribution in [3.8, 4) is 0 Å². The van der Waals surface area contributed by atoms with Gasteiger partial charge in [0, 0.05) is 61.9 Å². The van der Waals surface area contributed by atoms with Crippen LogP contribution in [-0.2, 0) is 16.6 Å². The van der Waals surface area contributed by atoms with Gasteiger partial charge in [-0.3, -0.25) is 19.4 Å². The number of fused-ring (bicyclic) bond motifs is 1. The summed E-state index contributed by atoms with van der Waals surface area (Å²) >= 11 is 1.76. The first-order valence-electron chi connectivity index (χ1n) is 14.5. The van der Waals surface area contributed by atoms with Crippen molar-refractivity contribution < 1.29 is 14.6 Å². The van der Waals surface area contributed by atoms with E-state index in [9.17, 15) is 13.2 Å². The predicted molar refractivity (Wildman–Crippen MR) is 176 cm³/mol. The van der Waals surface area contributed by atoms with E-state index in [0.717, 1.165) is 31.4 Å². The van der Waals surface area contributed by atoms with Gasteiger partial charge >= 0.3 is 0 Å². The van der Waals surface area contributed by atoms with Crippen LogP contribution in [0.2, 0.25) is 0 Å². The molecule has 1 fully saturated rings. The normalized spacial score (nSPS) is 14.1. The Labute approximate surface area is 255 Å². The number of thioether (sulfide) groups is 1. The summed E-state index contributed by atoms with van der Waals surface area (Å²) in [5.74, 6) is -0.0379. The number of nitrogens with zero attached hydrogens (tertiary/aromatic N) is 3. The highest BCUT2D eigenvalue weighted by molar-refractivity contribution is 7.98. The monoisotopic (exact) mass is 606 g/mol. The molecule has 3 aromatic carbocycles. The number of benzene rings is 3. The zero-order valence-electron chi connectivity index (χ0n) is 24.6. The maximum atomic E-state index is 13.2. The van der Waals surface area contributed by atoms with E-state index in [1.807, 2.05) is 17.0 Å². The molecule has 5 rings (SSSR count). The van der Waals surface area contributed by atoms with Crippen molar-refractivity contribution in [3.05, 3.63) is 96.2 Å². The lowest BCUT2D eigenvalue weighted by molar-refractivity contribution is 0.0761.